The van der Waals surface area contributed by atoms with E-state index in [4.69, 9.17) is 9.47 Å². The minimum absolute atomic E-state index is 0.217. The quantitative estimate of drug-likeness (QED) is 0.776. The first-order valence-corrected chi connectivity index (χ1v) is 8.84. The molecule has 2 aromatic heterocycles. The van der Waals surface area contributed by atoms with Gasteiger partial charge in [0.2, 0.25) is 23.6 Å². The highest BCUT2D eigenvalue weighted by molar-refractivity contribution is 5.98. The molecule has 0 saturated heterocycles. The number of carbonyl (C=O) groups is 2. The van der Waals surface area contributed by atoms with Crippen molar-refractivity contribution in [3.63, 3.8) is 0 Å². The number of hydrazone groups is 2. The van der Waals surface area contributed by atoms with E-state index >= 15 is 0 Å². The van der Waals surface area contributed by atoms with Crippen LogP contribution in [0.5, 0.6) is 0 Å². The fourth-order valence-electron chi connectivity index (χ4n) is 3.12. The molecule has 148 valence electrons. The molecule has 10 heteroatoms. The Hall–Kier alpha value is -3.82. The molecular weight excluding hydrogens is 376 g/mol. The molecule has 4 heterocycles. The highest BCUT2D eigenvalue weighted by Crippen LogP contribution is 2.36. The van der Waals surface area contributed by atoms with Gasteiger partial charge < -0.3 is 9.47 Å². The Morgan fingerprint density at radius 2 is 1.45 bits per heavy atom. The predicted molar refractivity (Wildman–Crippen MR) is 101 cm³/mol. The average molecular weight is 394 g/mol. The molecule has 0 bridgehead atoms. The van der Waals surface area contributed by atoms with Gasteiger partial charge in [-0.05, 0) is 24.3 Å². The molecule has 2 aromatic rings. The molecule has 10 nitrogen and oxygen atoms in total. The third-order valence-electron chi connectivity index (χ3n) is 4.49. The van der Waals surface area contributed by atoms with Gasteiger partial charge in [-0.2, -0.15) is 10.0 Å². The largest absolute Gasteiger partial charge is 0.443 e. The van der Waals surface area contributed by atoms with Crippen LogP contribution in [-0.4, -0.2) is 55.5 Å². The molecule has 29 heavy (non-hydrogen) atoms. The molecule has 0 spiro atoms. The first kappa shape index (κ1) is 18.5. The molecule has 0 radical (unpaired) electrons. The third kappa shape index (κ3) is 3.18. The third-order valence-corrected chi connectivity index (χ3v) is 4.49. The number of pyridine rings is 2. The summed E-state index contributed by atoms with van der Waals surface area (Å²) in [7, 11) is 0. The van der Waals surface area contributed by atoms with E-state index in [1.807, 2.05) is 0 Å². The van der Waals surface area contributed by atoms with Crippen molar-refractivity contribution in [2.75, 3.05) is 0 Å². The Kier molecular flexibility index (Phi) is 4.45. The second-order valence-electron chi connectivity index (χ2n) is 6.60. The summed E-state index contributed by atoms with van der Waals surface area (Å²) in [5.74, 6) is -0.307. The van der Waals surface area contributed by atoms with Gasteiger partial charge in [-0.1, -0.05) is 0 Å². The minimum atomic E-state index is -1.44. The Morgan fingerprint density at radius 1 is 0.897 bits per heavy atom. The summed E-state index contributed by atoms with van der Waals surface area (Å²) >= 11 is 0. The average Bonchev–Trinajstić information content (AvgIpc) is 3.32. The fraction of sp³-hybridized carbons (Fsp3) is 0.263. The zero-order chi connectivity index (χ0) is 20.6. The van der Waals surface area contributed by atoms with Gasteiger partial charge in [0.05, 0.1) is 0 Å². The Labute approximate surface area is 166 Å². The van der Waals surface area contributed by atoms with Gasteiger partial charge in [-0.15, -0.1) is 10.2 Å². The number of ether oxygens (including phenoxy) is 2. The van der Waals surface area contributed by atoms with Crippen LogP contribution in [0.1, 0.15) is 31.9 Å². The van der Waals surface area contributed by atoms with Gasteiger partial charge in [-0.25, -0.2) is 0 Å². The van der Waals surface area contributed by atoms with Crippen LogP contribution in [0.3, 0.4) is 0 Å². The number of hydrogen-bond acceptors (Lipinski definition) is 8. The molecule has 4 rings (SSSR count). The summed E-state index contributed by atoms with van der Waals surface area (Å²) in [6.45, 7) is 4.34. The lowest BCUT2D eigenvalue weighted by Gasteiger charge is -2.37. The van der Waals surface area contributed by atoms with Crippen molar-refractivity contribution in [2.45, 2.75) is 32.7 Å². The lowest BCUT2D eigenvalue weighted by atomic mass is 10.2. The molecule has 0 unspecified atom stereocenters. The molecule has 0 saturated carbocycles. The Balaban J connectivity index is 1.70. The zero-order valence-corrected chi connectivity index (χ0v) is 16.0. The molecule has 0 aromatic carbocycles. The van der Waals surface area contributed by atoms with Crippen LogP contribution in [-0.2, 0) is 19.1 Å². The molecular formula is C19H18N6O4. The van der Waals surface area contributed by atoms with Crippen LogP contribution in [0.4, 0.5) is 0 Å². The number of hydrogen-bond donors (Lipinski definition) is 0. The summed E-state index contributed by atoms with van der Waals surface area (Å²) in [4.78, 5) is 32.6. The summed E-state index contributed by atoms with van der Waals surface area (Å²) in [6, 6.07) is 6.83. The van der Waals surface area contributed by atoms with Crippen LogP contribution in [0, 0.1) is 0 Å². The SMILES string of the molecule is CC(=O)N1N=C(c2ccncc2)O[C@@H]1[C@@]1(C)OC(c2ccncc2)=NN1C(C)=O. The number of carbonyl (C=O) groups excluding carboxylic acids is 2. The van der Waals surface area contributed by atoms with Crippen LogP contribution in [0.2, 0.25) is 0 Å². The Bertz CT molecular complexity index is 1010. The molecule has 2 atom stereocenters. The zero-order valence-electron chi connectivity index (χ0n) is 16.0. The van der Waals surface area contributed by atoms with Crippen LogP contribution < -0.4 is 0 Å². The Morgan fingerprint density at radius 3 is 1.97 bits per heavy atom. The minimum Gasteiger partial charge on any atom is -0.443 e. The van der Waals surface area contributed by atoms with E-state index in [1.54, 1.807) is 56.0 Å². The van der Waals surface area contributed by atoms with Crippen molar-refractivity contribution in [3.05, 3.63) is 60.2 Å². The van der Waals surface area contributed by atoms with Crippen molar-refractivity contribution in [3.8, 4) is 0 Å². The van der Waals surface area contributed by atoms with Crippen molar-refractivity contribution in [2.24, 2.45) is 10.2 Å². The van der Waals surface area contributed by atoms with Gasteiger partial charge in [-0.3, -0.25) is 19.6 Å². The molecule has 0 fully saturated rings. The van der Waals surface area contributed by atoms with Crippen molar-refractivity contribution in [1.82, 2.24) is 20.0 Å². The first-order valence-electron chi connectivity index (χ1n) is 8.84. The second kappa shape index (κ2) is 6.97. The maximum atomic E-state index is 12.3. The number of amides is 2. The highest BCUT2D eigenvalue weighted by Gasteiger charge is 2.57. The molecule has 2 aliphatic rings. The topological polar surface area (TPSA) is 110 Å². The van der Waals surface area contributed by atoms with Gasteiger partial charge in [0.1, 0.15) is 0 Å². The van der Waals surface area contributed by atoms with E-state index in [0.717, 1.165) is 10.0 Å². The van der Waals surface area contributed by atoms with E-state index in [-0.39, 0.29) is 23.6 Å². The van der Waals surface area contributed by atoms with Gasteiger partial charge >= 0.3 is 0 Å². The number of rotatable bonds is 3. The van der Waals surface area contributed by atoms with Gasteiger partial charge in [0.25, 0.3) is 12.0 Å². The van der Waals surface area contributed by atoms with Crippen LogP contribution in [0.25, 0.3) is 0 Å². The van der Waals surface area contributed by atoms with E-state index in [0.29, 0.717) is 11.1 Å². The van der Waals surface area contributed by atoms with Crippen molar-refractivity contribution in [1.29, 1.82) is 0 Å². The normalized spacial score (nSPS) is 23.2. The monoisotopic (exact) mass is 394 g/mol. The van der Waals surface area contributed by atoms with Crippen LogP contribution >= 0.6 is 0 Å². The molecule has 0 aliphatic carbocycles. The van der Waals surface area contributed by atoms with E-state index < -0.39 is 12.0 Å². The predicted octanol–water partition coefficient (Wildman–Crippen LogP) is 1.30. The first-order chi connectivity index (χ1) is 13.9. The van der Waals surface area contributed by atoms with Crippen LogP contribution in [0.15, 0.2) is 59.3 Å². The molecule has 2 amide bonds. The highest BCUT2D eigenvalue weighted by atomic mass is 16.6. The smallest absolute Gasteiger partial charge is 0.261 e. The maximum Gasteiger partial charge on any atom is 0.261 e. The summed E-state index contributed by atoms with van der Waals surface area (Å²) < 4.78 is 12.1. The van der Waals surface area contributed by atoms with E-state index in [9.17, 15) is 9.59 Å². The van der Waals surface area contributed by atoms with E-state index in [1.165, 1.54) is 13.8 Å². The number of nitrogens with zero attached hydrogens (tertiary/aromatic N) is 6. The lowest BCUT2D eigenvalue weighted by Crippen LogP contribution is -2.59. The standard InChI is InChI=1S/C19H18N6O4/c1-12(26)24-18(28-16(22-24)14-4-8-20-9-5-14)19(3)25(13(2)27)23-17(29-19)15-6-10-21-11-7-15/h4-11,18H,1-3H3/t18-,19-/m1/s1. The van der Waals surface area contributed by atoms with E-state index in [2.05, 4.69) is 20.2 Å². The van der Waals surface area contributed by atoms with Crippen molar-refractivity contribution < 1.29 is 19.1 Å². The van der Waals surface area contributed by atoms with Gasteiger partial charge in [0, 0.05) is 56.7 Å². The summed E-state index contributed by atoms with van der Waals surface area (Å²) in [5, 5.41) is 10.9. The fourth-order valence-corrected chi connectivity index (χ4v) is 3.12. The maximum absolute atomic E-state index is 12.3. The van der Waals surface area contributed by atoms with Gasteiger partial charge in [0.15, 0.2) is 0 Å². The molecule has 0 N–H and O–H groups in total. The van der Waals surface area contributed by atoms with Crippen molar-refractivity contribution >= 4 is 23.6 Å². The lowest BCUT2D eigenvalue weighted by molar-refractivity contribution is -0.187. The second-order valence-corrected chi connectivity index (χ2v) is 6.60. The molecule has 2 aliphatic heterocycles. The summed E-state index contributed by atoms with van der Waals surface area (Å²) in [5.41, 5.74) is -0.161. The number of aromatic nitrogens is 2. The summed E-state index contributed by atoms with van der Waals surface area (Å²) in [6.07, 6.45) is 5.32.